The summed E-state index contributed by atoms with van der Waals surface area (Å²) in [4.78, 5) is 23.6. The number of Topliss-reactive ketones (excluding diaryl/α,β-unsaturated/α-hetero) is 1. The Morgan fingerprint density at radius 1 is 1.32 bits per heavy atom. The summed E-state index contributed by atoms with van der Waals surface area (Å²) in [5, 5.41) is 0. The van der Waals surface area contributed by atoms with Crippen LogP contribution in [0, 0.1) is 11.8 Å². The third-order valence-electron chi connectivity index (χ3n) is 3.94. The Kier molecular flexibility index (Phi) is 4.72. The third-order valence-corrected chi connectivity index (χ3v) is 3.94. The van der Waals surface area contributed by atoms with Crippen LogP contribution in [-0.4, -0.2) is 18.9 Å². The molecule has 1 saturated carbocycles. The predicted octanol–water partition coefficient (Wildman–Crippen LogP) is 2.78. The lowest BCUT2D eigenvalue weighted by atomic mass is 9.74. The van der Waals surface area contributed by atoms with Gasteiger partial charge in [0.1, 0.15) is 5.78 Å². The number of carbonyl (C=O) groups excluding carboxylic acids is 2. The van der Waals surface area contributed by atoms with Crippen LogP contribution in [0.2, 0.25) is 0 Å². The van der Waals surface area contributed by atoms with Gasteiger partial charge in [0.05, 0.1) is 7.11 Å². The van der Waals surface area contributed by atoms with Crippen LogP contribution in [0.4, 0.5) is 0 Å². The summed E-state index contributed by atoms with van der Waals surface area (Å²) in [7, 11) is 1.40. The molecule has 0 unspecified atom stereocenters. The molecule has 0 N–H and O–H groups in total. The quantitative estimate of drug-likeness (QED) is 0.782. The van der Waals surface area contributed by atoms with Crippen molar-refractivity contribution in [3.63, 3.8) is 0 Å². The molecule has 1 aliphatic carbocycles. The number of hydrogen-bond donors (Lipinski definition) is 0. The third kappa shape index (κ3) is 3.66. The molecule has 2 atom stereocenters. The van der Waals surface area contributed by atoms with E-state index in [-0.39, 0.29) is 17.8 Å². The first-order valence-electron chi connectivity index (χ1n) is 6.84. The van der Waals surface area contributed by atoms with Gasteiger partial charge in [-0.1, -0.05) is 30.3 Å². The molecular formula is C16H20O3. The minimum Gasteiger partial charge on any atom is -0.469 e. The molecule has 0 heterocycles. The molecular weight excluding hydrogens is 240 g/mol. The van der Waals surface area contributed by atoms with Gasteiger partial charge in [0.2, 0.25) is 0 Å². The Hall–Kier alpha value is -1.64. The molecule has 0 saturated heterocycles. The van der Waals surface area contributed by atoms with Gasteiger partial charge in [-0.2, -0.15) is 0 Å². The number of methoxy groups -OCH3 is 1. The van der Waals surface area contributed by atoms with Gasteiger partial charge in [0.15, 0.2) is 0 Å². The van der Waals surface area contributed by atoms with Crippen molar-refractivity contribution in [2.45, 2.75) is 32.1 Å². The molecule has 3 nitrogen and oxygen atoms in total. The summed E-state index contributed by atoms with van der Waals surface area (Å²) in [5.74, 6) is 0.186. The van der Waals surface area contributed by atoms with E-state index in [9.17, 15) is 9.59 Å². The Morgan fingerprint density at radius 3 is 2.74 bits per heavy atom. The number of ketones is 1. The average molecular weight is 260 g/mol. The minimum atomic E-state index is -0.210. The molecule has 1 aliphatic rings. The number of benzene rings is 1. The zero-order valence-electron chi connectivity index (χ0n) is 11.3. The standard InChI is InChI=1S/C16H20O3/c1-19-16(18)11-13-8-5-9-15(17)14(13)10-12-6-3-2-4-7-12/h2-4,6-7,13-14H,5,8-11H2,1H3/t13-,14+/m1/s1. The zero-order chi connectivity index (χ0) is 13.7. The van der Waals surface area contributed by atoms with E-state index < -0.39 is 0 Å². The lowest BCUT2D eigenvalue weighted by Gasteiger charge is -2.29. The molecule has 1 fully saturated rings. The van der Waals surface area contributed by atoms with E-state index in [4.69, 9.17) is 4.74 Å². The number of carbonyl (C=O) groups is 2. The largest absolute Gasteiger partial charge is 0.469 e. The Balaban J connectivity index is 2.08. The first-order valence-corrected chi connectivity index (χ1v) is 6.84. The van der Waals surface area contributed by atoms with Gasteiger partial charge < -0.3 is 4.74 Å². The fraction of sp³-hybridized carbons (Fsp3) is 0.500. The van der Waals surface area contributed by atoms with Crippen LogP contribution < -0.4 is 0 Å². The summed E-state index contributed by atoms with van der Waals surface area (Å²) in [6.07, 6.45) is 3.58. The van der Waals surface area contributed by atoms with Gasteiger partial charge in [-0.25, -0.2) is 0 Å². The fourth-order valence-electron chi connectivity index (χ4n) is 2.88. The van der Waals surface area contributed by atoms with Gasteiger partial charge in [-0.3, -0.25) is 9.59 Å². The van der Waals surface area contributed by atoms with Crippen molar-refractivity contribution in [2.24, 2.45) is 11.8 Å². The van der Waals surface area contributed by atoms with E-state index in [0.717, 1.165) is 24.8 Å². The minimum absolute atomic E-state index is 0.0322. The molecule has 0 amide bonds. The highest BCUT2D eigenvalue weighted by Gasteiger charge is 2.33. The van der Waals surface area contributed by atoms with Crippen molar-refractivity contribution in [1.82, 2.24) is 0 Å². The van der Waals surface area contributed by atoms with Crippen LogP contribution in [0.5, 0.6) is 0 Å². The van der Waals surface area contributed by atoms with Gasteiger partial charge >= 0.3 is 5.97 Å². The van der Waals surface area contributed by atoms with Gasteiger partial charge in [0, 0.05) is 18.8 Å². The molecule has 2 rings (SSSR count). The monoisotopic (exact) mass is 260 g/mol. The van der Waals surface area contributed by atoms with E-state index in [1.165, 1.54) is 7.11 Å². The molecule has 0 aromatic heterocycles. The topological polar surface area (TPSA) is 43.4 Å². The maximum atomic E-state index is 12.1. The van der Waals surface area contributed by atoms with Crippen LogP contribution in [0.3, 0.4) is 0 Å². The normalized spacial score (nSPS) is 23.1. The summed E-state index contributed by atoms with van der Waals surface area (Å²) in [6, 6.07) is 10.0. The molecule has 0 bridgehead atoms. The van der Waals surface area contributed by atoms with Crippen LogP contribution in [0.15, 0.2) is 30.3 Å². The number of ether oxygens (including phenoxy) is 1. The van der Waals surface area contributed by atoms with Crippen LogP contribution in [-0.2, 0) is 20.7 Å². The molecule has 1 aromatic rings. The predicted molar refractivity (Wildman–Crippen MR) is 72.6 cm³/mol. The van der Waals surface area contributed by atoms with Crippen molar-refractivity contribution in [3.05, 3.63) is 35.9 Å². The maximum absolute atomic E-state index is 12.1. The second kappa shape index (κ2) is 6.50. The lowest BCUT2D eigenvalue weighted by Crippen LogP contribution is -2.32. The number of esters is 1. The van der Waals surface area contributed by atoms with Crippen LogP contribution in [0.25, 0.3) is 0 Å². The first kappa shape index (κ1) is 13.8. The first-order chi connectivity index (χ1) is 9.20. The molecule has 3 heteroatoms. The van der Waals surface area contributed by atoms with Gasteiger partial charge in [0.25, 0.3) is 0 Å². The fourth-order valence-corrected chi connectivity index (χ4v) is 2.88. The van der Waals surface area contributed by atoms with Crippen molar-refractivity contribution in [3.8, 4) is 0 Å². The molecule has 0 radical (unpaired) electrons. The molecule has 0 spiro atoms. The van der Waals surface area contributed by atoms with Crippen molar-refractivity contribution in [2.75, 3.05) is 7.11 Å². The Labute approximate surface area is 114 Å². The zero-order valence-corrected chi connectivity index (χ0v) is 11.3. The molecule has 0 aliphatic heterocycles. The van der Waals surface area contributed by atoms with E-state index in [0.29, 0.717) is 18.6 Å². The van der Waals surface area contributed by atoms with Gasteiger partial charge in [-0.05, 0) is 30.7 Å². The summed E-state index contributed by atoms with van der Waals surface area (Å²) < 4.78 is 4.74. The molecule has 1 aromatic carbocycles. The Morgan fingerprint density at radius 2 is 2.05 bits per heavy atom. The average Bonchev–Trinajstić information content (AvgIpc) is 2.43. The van der Waals surface area contributed by atoms with E-state index in [1.807, 2.05) is 30.3 Å². The summed E-state index contributed by atoms with van der Waals surface area (Å²) in [6.45, 7) is 0. The van der Waals surface area contributed by atoms with Crippen LogP contribution >= 0.6 is 0 Å². The highest BCUT2D eigenvalue weighted by atomic mass is 16.5. The molecule has 19 heavy (non-hydrogen) atoms. The van der Waals surface area contributed by atoms with Crippen molar-refractivity contribution in [1.29, 1.82) is 0 Å². The highest BCUT2D eigenvalue weighted by molar-refractivity contribution is 5.83. The van der Waals surface area contributed by atoms with E-state index in [2.05, 4.69) is 0 Å². The summed E-state index contributed by atoms with van der Waals surface area (Å²) >= 11 is 0. The van der Waals surface area contributed by atoms with E-state index >= 15 is 0 Å². The van der Waals surface area contributed by atoms with Gasteiger partial charge in [-0.15, -0.1) is 0 Å². The van der Waals surface area contributed by atoms with E-state index in [1.54, 1.807) is 0 Å². The maximum Gasteiger partial charge on any atom is 0.305 e. The lowest BCUT2D eigenvalue weighted by molar-refractivity contribution is -0.143. The van der Waals surface area contributed by atoms with Crippen molar-refractivity contribution < 1.29 is 14.3 Å². The SMILES string of the molecule is COC(=O)C[C@H]1CCCC(=O)[C@H]1Cc1ccccc1. The second-order valence-electron chi connectivity index (χ2n) is 5.20. The van der Waals surface area contributed by atoms with Crippen LogP contribution in [0.1, 0.15) is 31.2 Å². The Bertz CT molecular complexity index is 439. The highest BCUT2D eigenvalue weighted by Crippen LogP contribution is 2.32. The second-order valence-corrected chi connectivity index (χ2v) is 5.20. The smallest absolute Gasteiger partial charge is 0.305 e. The summed E-state index contributed by atoms with van der Waals surface area (Å²) in [5.41, 5.74) is 1.16. The van der Waals surface area contributed by atoms with Crippen molar-refractivity contribution >= 4 is 11.8 Å². The molecule has 102 valence electrons. The number of hydrogen-bond acceptors (Lipinski definition) is 3. The number of rotatable bonds is 4.